The van der Waals surface area contributed by atoms with Gasteiger partial charge in [-0.2, -0.15) is 0 Å². The molecule has 1 aromatic carbocycles. The molecule has 0 fully saturated rings. The van der Waals surface area contributed by atoms with Crippen molar-refractivity contribution in [2.75, 3.05) is 11.9 Å². The highest BCUT2D eigenvalue weighted by atomic mass is 16.1. The van der Waals surface area contributed by atoms with E-state index in [9.17, 15) is 4.79 Å². The Kier molecular flexibility index (Phi) is 5.25. The van der Waals surface area contributed by atoms with Crippen LogP contribution in [0.15, 0.2) is 49.2 Å². The van der Waals surface area contributed by atoms with Gasteiger partial charge >= 0.3 is 0 Å². The zero-order chi connectivity index (χ0) is 15.9. The molecule has 0 aliphatic carbocycles. The van der Waals surface area contributed by atoms with Crippen molar-refractivity contribution in [2.24, 2.45) is 0 Å². The molecule has 2 aromatic rings. The van der Waals surface area contributed by atoms with E-state index in [1.165, 1.54) is 5.56 Å². The summed E-state index contributed by atoms with van der Waals surface area (Å²) in [6.45, 7) is 8.22. The Bertz CT molecular complexity index is 667. The van der Waals surface area contributed by atoms with Gasteiger partial charge in [0.1, 0.15) is 5.69 Å². The number of amides is 1. The van der Waals surface area contributed by atoms with Gasteiger partial charge in [0, 0.05) is 18.4 Å². The van der Waals surface area contributed by atoms with Crippen LogP contribution >= 0.6 is 0 Å². The van der Waals surface area contributed by atoms with Crippen LogP contribution in [0.3, 0.4) is 0 Å². The molecule has 0 bridgehead atoms. The first-order valence-electron chi connectivity index (χ1n) is 7.20. The second kappa shape index (κ2) is 7.36. The number of aromatic nitrogens is 2. The first-order valence-corrected chi connectivity index (χ1v) is 7.20. The second-order valence-electron chi connectivity index (χ2n) is 5.13. The van der Waals surface area contributed by atoms with Crippen LogP contribution in [0.5, 0.6) is 0 Å². The minimum Gasteiger partial charge on any atom is -0.347 e. The molecule has 1 heterocycles. The number of nitrogens with zero attached hydrogens (tertiary/aromatic N) is 2. The first-order chi connectivity index (χ1) is 10.6. The standard InChI is InChI=1S/C17H20N4O/c1-4-10-18-16(22)15-9-11-19-17(21-15)20-14-8-6-5-7-13(14)12(2)3/h4-9,11-12H,1,10H2,2-3H3,(H,18,22)(H,19,20,21). The van der Waals surface area contributed by atoms with Crippen LogP contribution in [0.2, 0.25) is 0 Å². The Morgan fingerprint density at radius 3 is 2.82 bits per heavy atom. The van der Waals surface area contributed by atoms with Crippen LogP contribution < -0.4 is 10.6 Å². The molecule has 114 valence electrons. The van der Waals surface area contributed by atoms with E-state index in [0.29, 0.717) is 24.1 Å². The number of anilines is 2. The predicted molar refractivity (Wildman–Crippen MR) is 88.4 cm³/mol. The zero-order valence-corrected chi connectivity index (χ0v) is 12.8. The van der Waals surface area contributed by atoms with Gasteiger partial charge in [0.05, 0.1) is 0 Å². The Labute approximate surface area is 130 Å². The molecule has 0 atom stereocenters. The fraction of sp³-hybridized carbons (Fsp3) is 0.235. The van der Waals surface area contributed by atoms with E-state index in [1.54, 1.807) is 18.3 Å². The van der Waals surface area contributed by atoms with Crippen molar-refractivity contribution in [3.05, 3.63) is 60.4 Å². The lowest BCUT2D eigenvalue weighted by Crippen LogP contribution is -2.24. The van der Waals surface area contributed by atoms with Gasteiger partial charge in [-0.3, -0.25) is 4.79 Å². The second-order valence-corrected chi connectivity index (χ2v) is 5.13. The Morgan fingerprint density at radius 2 is 2.09 bits per heavy atom. The van der Waals surface area contributed by atoms with E-state index in [4.69, 9.17) is 0 Å². The molecule has 5 heteroatoms. The summed E-state index contributed by atoms with van der Waals surface area (Å²) in [5.41, 5.74) is 2.44. The van der Waals surface area contributed by atoms with Gasteiger partial charge in [-0.15, -0.1) is 6.58 Å². The maximum atomic E-state index is 11.9. The van der Waals surface area contributed by atoms with E-state index in [-0.39, 0.29) is 5.91 Å². The van der Waals surface area contributed by atoms with Gasteiger partial charge in [0.15, 0.2) is 0 Å². The Hall–Kier alpha value is -2.69. The summed E-state index contributed by atoms with van der Waals surface area (Å²) in [5.74, 6) is 0.532. The average molecular weight is 296 g/mol. The molecule has 22 heavy (non-hydrogen) atoms. The Morgan fingerprint density at radius 1 is 1.32 bits per heavy atom. The van der Waals surface area contributed by atoms with Gasteiger partial charge in [-0.05, 0) is 23.6 Å². The van der Waals surface area contributed by atoms with Crippen LogP contribution in [-0.2, 0) is 0 Å². The Balaban J connectivity index is 2.21. The topological polar surface area (TPSA) is 66.9 Å². The summed E-state index contributed by atoms with van der Waals surface area (Å²) in [7, 11) is 0. The van der Waals surface area contributed by atoms with Crippen molar-refractivity contribution < 1.29 is 4.79 Å². The minimum atomic E-state index is -0.248. The van der Waals surface area contributed by atoms with Crippen molar-refractivity contribution in [2.45, 2.75) is 19.8 Å². The summed E-state index contributed by atoms with van der Waals surface area (Å²) >= 11 is 0. The molecule has 0 aliphatic heterocycles. The predicted octanol–water partition coefficient (Wildman–Crippen LogP) is 3.26. The van der Waals surface area contributed by atoms with E-state index in [2.05, 4.69) is 47.1 Å². The maximum absolute atomic E-state index is 11.9. The van der Waals surface area contributed by atoms with Gasteiger partial charge in [0.2, 0.25) is 5.95 Å². The third kappa shape index (κ3) is 3.91. The van der Waals surface area contributed by atoms with Gasteiger partial charge in [-0.1, -0.05) is 38.1 Å². The highest BCUT2D eigenvalue weighted by molar-refractivity contribution is 5.92. The summed E-state index contributed by atoms with van der Waals surface area (Å²) in [6, 6.07) is 9.57. The average Bonchev–Trinajstić information content (AvgIpc) is 2.53. The molecule has 0 saturated carbocycles. The van der Waals surface area contributed by atoms with Crippen LogP contribution in [0, 0.1) is 0 Å². The molecule has 1 amide bonds. The number of hydrogen-bond acceptors (Lipinski definition) is 4. The molecule has 0 unspecified atom stereocenters. The molecular weight excluding hydrogens is 276 g/mol. The molecule has 0 aliphatic rings. The van der Waals surface area contributed by atoms with Crippen LogP contribution in [0.1, 0.15) is 35.8 Å². The lowest BCUT2D eigenvalue weighted by molar-refractivity contribution is 0.0953. The number of hydrogen-bond donors (Lipinski definition) is 2. The lowest BCUT2D eigenvalue weighted by atomic mass is 10.0. The highest BCUT2D eigenvalue weighted by Gasteiger charge is 2.10. The van der Waals surface area contributed by atoms with Crippen molar-refractivity contribution in [3.63, 3.8) is 0 Å². The molecule has 2 rings (SSSR count). The number of rotatable bonds is 6. The molecule has 0 radical (unpaired) electrons. The number of para-hydroxylation sites is 1. The van der Waals surface area contributed by atoms with Gasteiger partial charge < -0.3 is 10.6 Å². The SMILES string of the molecule is C=CCNC(=O)c1ccnc(Nc2ccccc2C(C)C)n1. The lowest BCUT2D eigenvalue weighted by Gasteiger charge is -2.13. The number of benzene rings is 1. The van der Waals surface area contributed by atoms with Crippen LogP contribution in [0.4, 0.5) is 11.6 Å². The highest BCUT2D eigenvalue weighted by Crippen LogP contribution is 2.25. The van der Waals surface area contributed by atoms with E-state index >= 15 is 0 Å². The van der Waals surface area contributed by atoms with Crippen LogP contribution in [-0.4, -0.2) is 22.4 Å². The van der Waals surface area contributed by atoms with Gasteiger partial charge in [0.25, 0.3) is 5.91 Å². The maximum Gasteiger partial charge on any atom is 0.270 e. The molecule has 5 nitrogen and oxygen atoms in total. The largest absolute Gasteiger partial charge is 0.347 e. The fourth-order valence-electron chi connectivity index (χ4n) is 2.04. The minimum absolute atomic E-state index is 0.248. The van der Waals surface area contributed by atoms with Crippen molar-refractivity contribution in [3.8, 4) is 0 Å². The van der Waals surface area contributed by atoms with E-state index in [1.807, 2.05) is 18.2 Å². The van der Waals surface area contributed by atoms with Crippen molar-refractivity contribution >= 4 is 17.5 Å². The zero-order valence-electron chi connectivity index (χ0n) is 12.8. The fourth-order valence-corrected chi connectivity index (χ4v) is 2.04. The molecule has 0 spiro atoms. The summed E-state index contributed by atoms with van der Waals surface area (Å²) in [5, 5.41) is 5.88. The quantitative estimate of drug-likeness (QED) is 0.803. The van der Waals surface area contributed by atoms with E-state index < -0.39 is 0 Å². The molecule has 2 N–H and O–H groups in total. The van der Waals surface area contributed by atoms with Crippen molar-refractivity contribution in [1.29, 1.82) is 0 Å². The number of nitrogens with one attached hydrogen (secondary N) is 2. The third-order valence-electron chi connectivity index (χ3n) is 3.12. The van der Waals surface area contributed by atoms with Crippen molar-refractivity contribution in [1.82, 2.24) is 15.3 Å². The normalized spacial score (nSPS) is 10.3. The third-order valence-corrected chi connectivity index (χ3v) is 3.12. The summed E-state index contributed by atoms with van der Waals surface area (Å²) in [4.78, 5) is 20.3. The molecular formula is C17H20N4O. The monoisotopic (exact) mass is 296 g/mol. The van der Waals surface area contributed by atoms with Crippen LogP contribution in [0.25, 0.3) is 0 Å². The number of carbonyl (C=O) groups excluding carboxylic acids is 1. The molecule has 0 saturated heterocycles. The summed E-state index contributed by atoms with van der Waals surface area (Å²) in [6.07, 6.45) is 3.19. The summed E-state index contributed by atoms with van der Waals surface area (Å²) < 4.78 is 0. The van der Waals surface area contributed by atoms with E-state index in [0.717, 1.165) is 5.69 Å². The first kappa shape index (κ1) is 15.7. The number of carbonyl (C=O) groups is 1. The molecule has 1 aromatic heterocycles. The van der Waals surface area contributed by atoms with Gasteiger partial charge in [-0.25, -0.2) is 9.97 Å². The smallest absolute Gasteiger partial charge is 0.270 e.